The Kier molecular flexibility index (Phi) is 90.3. The Labute approximate surface area is 239 Å². The molecule has 0 fully saturated rings. The van der Waals surface area contributed by atoms with Crippen LogP contribution in [0.5, 0.6) is 0 Å². The molecule has 29 heteroatoms. The molecule has 192 valence electrons. The molecule has 0 amide bonds. The van der Waals surface area contributed by atoms with Gasteiger partial charge in [0, 0.05) is 13.1 Å². The first-order valence-corrected chi connectivity index (χ1v) is 8.09. The van der Waals surface area contributed by atoms with Crippen LogP contribution in [0.25, 0.3) is 0 Å². The van der Waals surface area contributed by atoms with Crippen LogP contribution in [0.4, 0.5) is 0 Å². The van der Waals surface area contributed by atoms with Crippen molar-refractivity contribution in [3.63, 3.8) is 0 Å². The first-order valence-electron chi connectivity index (χ1n) is 7.23. The molecule has 34 heavy (non-hydrogen) atoms. The Balaban J connectivity index is -0.0000000310. The van der Waals surface area contributed by atoms with E-state index in [4.69, 9.17) is 103 Å². The van der Waals surface area contributed by atoms with Gasteiger partial charge in [-0.3, -0.25) is 7.32 Å². The molecule has 0 aliphatic heterocycles. The molecule has 0 saturated carbocycles. The fourth-order valence-electron chi connectivity index (χ4n) is 0.494. The zero-order valence-electron chi connectivity index (χ0n) is 17.8. The molecule has 0 spiro atoms. The Bertz CT molecular complexity index is 267. The molecule has 0 saturated heterocycles. The van der Waals surface area contributed by atoms with Gasteiger partial charge in [-0.05, 0) is 13.8 Å². The average Bonchev–Trinajstić information content (AvgIpc) is 2.44. The van der Waals surface area contributed by atoms with Crippen LogP contribution in [-0.2, 0) is 27.3 Å². The predicted molar refractivity (Wildman–Crippen MR) is 114 cm³/mol. The largest absolute Gasteiger partial charge is 3.00 e. The summed E-state index contributed by atoms with van der Waals surface area (Å²) in [5.74, 6) is 0. The standard InChI is InChI=1S/C5H11NS2.Al.4BH3O3.BHO3.BO3.Cd/c1-3-6(4-2)5(7)8;;6*2-1(3)4;/h3-4H2,1-2H3,(H,7,8);;4*2-4H;2H;;/q;+3;;;;;-2;-3;+2. The fraction of sp³-hybridized carbons (Fsp3) is 0.800. The number of thiol groups is 1. The van der Waals surface area contributed by atoms with Crippen LogP contribution < -0.4 is 25.1 Å². The van der Waals surface area contributed by atoms with E-state index in [1.807, 2.05) is 4.90 Å². The molecule has 0 atom stereocenters. The van der Waals surface area contributed by atoms with E-state index in [9.17, 15) is 0 Å². The maximum absolute atomic E-state index is 8.53. The number of hydrogen-bond donors (Lipinski definition) is 14. The third-order valence-electron chi connectivity index (χ3n) is 1.03. The van der Waals surface area contributed by atoms with Crippen LogP contribution >= 0.6 is 24.8 Å². The fourth-order valence-corrected chi connectivity index (χ4v) is 1.04. The predicted octanol–water partition coefficient (Wildman–Crippen LogP) is -14.3. The van der Waals surface area contributed by atoms with E-state index in [0.29, 0.717) is 4.32 Å². The maximum atomic E-state index is 8.53. The van der Waals surface area contributed by atoms with E-state index in [1.165, 1.54) is 0 Å². The summed E-state index contributed by atoms with van der Waals surface area (Å²) in [6.45, 7) is 6.04. The third-order valence-corrected chi connectivity index (χ3v) is 1.58. The second-order valence-corrected chi connectivity index (χ2v) is 4.55. The van der Waals surface area contributed by atoms with E-state index in [2.05, 4.69) is 26.5 Å². The molecule has 0 aromatic carbocycles. The molecule has 0 aromatic heterocycles. The second-order valence-electron chi connectivity index (χ2n) is 3.44. The van der Waals surface area contributed by atoms with Crippen molar-refractivity contribution in [2.24, 2.45) is 0 Å². The van der Waals surface area contributed by atoms with Gasteiger partial charge in [0.1, 0.15) is 4.32 Å². The normalized spacial score (nSPS) is 6.85. The van der Waals surface area contributed by atoms with Gasteiger partial charge >= 0.3 is 73.9 Å². The number of nitrogens with zero attached hydrogens (tertiary/aromatic N) is 1. The summed E-state index contributed by atoms with van der Waals surface area (Å²) in [7, 11) is -14.3. The van der Waals surface area contributed by atoms with E-state index in [0.717, 1.165) is 13.1 Å². The smallest absolute Gasteiger partial charge is 0.907 e. The summed E-state index contributed by atoms with van der Waals surface area (Å²) < 4.78 is 0.690. The molecule has 0 bridgehead atoms. The van der Waals surface area contributed by atoms with Gasteiger partial charge in [-0.1, -0.05) is 12.2 Å². The zero-order chi connectivity index (χ0) is 28.0. The van der Waals surface area contributed by atoms with Crippen molar-refractivity contribution < 1.29 is 118 Å². The summed E-state index contributed by atoms with van der Waals surface area (Å²) >= 11 is 8.82. The van der Waals surface area contributed by atoms with Gasteiger partial charge in [0.2, 0.25) is 0 Å². The summed E-state index contributed by atoms with van der Waals surface area (Å²) in [5, 5.41) is 135. The first kappa shape index (κ1) is 60.1. The quantitative estimate of drug-likeness (QED) is 0.0746. The van der Waals surface area contributed by atoms with Crippen LogP contribution in [0.2, 0.25) is 0 Å². The molecular weight excluding hydrogens is 630 g/mol. The molecule has 13 N–H and O–H groups in total. The van der Waals surface area contributed by atoms with E-state index < -0.39 is 43.9 Å². The summed E-state index contributed by atoms with van der Waals surface area (Å²) in [6.07, 6.45) is 0. The summed E-state index contributed by atoms with van der Waals surface area (Å²) in [5.41, 5.74) is 0. The Morgan fingerprint density at radius 1 is 0.647 bits per heavy atom. The van der Waals surface area contributed by atoms with Crippen molar-refractivity contribution >= 4 is 90.5 Å². The summed E-state index contributed by atoms with van der Waals surface area (Å²) in [4.78, 5) is 2.01. The maximum Gasteiger partial charge on any atom is 3.00 e. The molecular formula is C5H24AlB6CdNO18S2. The molecule has 0 unspecified atom stereocenters. The van der Waals surface area contributed by atoms with Crippen LogP contribution in [0.3, 0.4) is 0 Å². The monoisotopic (exact) mass is 657 g/mol. The van der Waals surface area contributed by atoms with Crippen molar-refractivity contribution in [2.45, 2.75) is 13.8 Å². The number of rotatable bonds is 2. The number of hydrogen-bond acceptors (Lipinski definition) is 19. The molecule has 0 aliphatic rings. The van der Waals surface area contributed by atoms with Gasteiger partial charge in [0.05, 0.1) is 7.32 Å². The van der Waals surface area contributed by atoms with Gasteiger partial charge in [-0.25, -0.2) is 0 Å². The molecule has 0 heterocycles. The number of thiocarbonyl (C=S) groups is 1. The topological polar surface area (TPSA) is 382 Å². The van der Waals surface area contributed by atoms with E-state index in [1.54, 1.807) is 0 Å². The minimum atomic E-state index is -2.92. The third kappa shape index (κ3) is 399. The van der Waals surface area contributed by atoms with E-state index >= 15 is 0 Å². The first-order chi connectivity index (χ1) is 14.1. The zero-order valence-corrected chi connectivity index (χ0v) is 24.7. The van der Waals surface area contributed by atoms with Crippen LogP contribution in [-0.4, -0.2) is 149 Å². The van der Waals surface area contributed by atoms with Gasteiger partial charge < -0.3 is 95.3 Å². The molecule has 0 radical (unpaired) electrons. The van der Waals surface area contributed by atoms with Crippen molar-refractivity contribution in [2.75, 3.05) is 13.1 Å². The van der Waals surface area contributed by atoms with Crippen LogP contribution in [0.15, 0.2) is 0 Å². The van der Waals surface area contributed by atoms with Gasteiger partial charge in [0.15, 0.2) is 0 Å². The minimum Gasteiger partial charge on any atom is -0.907 e. The molecule has 0 rings (SSSR count). The molecule has 0 aliphatic carbocycles. The Morgan fingerprint density at radius 3 is 0.735 bits per heavy atom. The second kappa shape index (κ2) is 51.1. The van der Waals surface area contributed by atoms with Gasteiger partial charge in [-0.2, -0.15) is 0 Å². The molecule has 0 aromatic rings. The van der Waals surface area contributed by atoms with Gasteiger partial charge in [-0.15, -0.1) is 12.6 Å². The van der Waals surface area contributed by atoms with Crippen molar-refractivity contribution in [1.29, 1.82) is 0 Å². The van der Waals surface area contributed by atoms with Crippen LogP contribution in [0, 0.1) is 0 Å². The minimum absolute atomic E-state index is 0. The SMILES string of the molecule is CCN(CC)C(=S)S.OB(O)O.OB(O)O.OB(O)O.OB(O)O.[Al+3].[Cd+2].[O-]B([O-])O.[O-]B([O-])[O-]. The van der Waals surface area contributed by atoms with Crippen molar-refractivity contribution in [3.05, 3.63) is 0 Å². The van der Waals surface area contributed by atoms with Crippen molar-refractivity contribution in [3.8, 4) is 0 Å². The Hall–Kier alpha value is 1.36. The van der Waals surface area contributed by atoms with Crippen LogP contribution in [0.1, 0.15) is 13.8 Å². The summed E-state index contributed by atoms with van der Waals surface area (Å²) in [6, 6.07) is 0. The van der Waals surface area contributed by atoms with Crippen molar-refractivity contribution in [1.82, 2.24) is 4.90 Å². The van der Waals surface area contributed by atoms with Gasteiger partial charge in [0.25, 0.3) is 0 Å². The molecule has 19 nitrogen and oxygen atoms in total. The Morgan fingerprint density at radius 2 is 0.735 bits per heavy atom. The van der Waals surface area contributed by atoms with E-state index in [-0.39, 0.29) is 44.7 Å². The average molecular weight is 655 g/mol.